The van der Waals surface area contributed by atoms with Crippen molar-refractivity contribution in [1.82, 2.24) is 0 Å². The number of Topliss-reactive ketones (excluding diaryl/α,β-unsaturated/α-hetero) is 1. The van der Waals surface area contributed by atoms with Crippen molar-refractivity contribution < 1.29 is 18.3 Å². The van der Waals surface area contributed by atoms with Gasteiger partial charge in [0.1, 0.15) is 5.75 Å². The smallest absolute Gasteiger partial charge is 0.264 e. The topological polar surface area (TPSA) is 74.7 Å². The fraction of sp³-hybridized carbons (Fsp3) is 0.409. The number of hydrogen-bond donors (Lipinski definition) is 1. The molecule has 1 aliphatic heterocycles. The lowest BCUT2D eigenvalue weighted by molar-refractivity contribution is 0.101. The Morgan fingerprint density at radius 2 is 1.89 bits per heavy atom. The first-order valence-electron chi connectivity index (χ1n) is 9.83. The molecule has 1 atom stereocenters. The van der Waals surface area contributed by atoms with Gasteiger partial charge in [0.05, 0.1) is 16.1 Å². The molecule has 4 rings (SSSR count). The van der Waals surface area contributed by atoms with Crippen LogP contribution in [0.4, 0.5) is 5.69 Å². The van der Waals surface area contributed by atoms with Crippen LogP contribution in [0.1, 0.15) is 54.6 Å². The van der Waals surface area contributed by atoms with Gasteiger partial charge in [-0.1, -0.05) is 19.1 Å². The molecule has 2 aromatic rings. The van der Waals surface area contributed by atoms with Gasteiger partial charge in [-0.3, -0.25) is 9.10 Å². The summed E-state index contributed by atoms with van der Waals surface area (Å²) in [6.07, 6.45) is 4.69. The number of nitrogens with zero attached hydrogens (tertiary/aromatic N) is 1. The third kappa shape index (κ3) is 3.20. The van der Waals surface area contributed by atoms with Gasteiger partial charge < -0.3 is 5.11 Å². The molecule has 148 valence electrons. The number of phenolic OH excluding ortho intramolecular Hbond substituents is 1. The molecule has 1 unspecified atom stereocenters. The monoisotopic (exact) mass is 399 g/mol. The molecular weight excluding hydrogens is 374 g/mol. The highest BCUT2D eigenvalue weighted by molar-refractivity contribution is 7.92. The van der Waals surface area contributed by atoms with Crippen LogP contribution in [0.15, 0.2) is 41.3 Å². The molecule has 0 radical (unpaired) electrons. The minimum absolute atomic E-state index is 0.0302. The molecule has 28 heavy (non-hydrogen) atoms. The molecule has 5 nitrogen and oxygen atoms in total. The van der Waals surface area contributed by atoms with Gasteiger partial charge in [-0.25, -0.2) is 8.42 Å². The van der Waals surface area contributed by atoms with Gasteiger partial charge in [-0.05, 0) is 80.3 Å². The van der Waals surface area contributed by atoms with E-state index in [1.54, 1.807) is 4.31 Å². The number of carbonyl (C=O) groups is 1. The molecule has 1 aliphatic carbocycles. The van der Waals surface area contributed by atoms with Crippen molar-refractivity contribution in [2.24, 2.45) is 5.92 Å². The van der Waals surface area contributed by atoms with Crippen molar-refractivity contribution >= 4 is 21.5 Å². The van der Waals surface area contributed by atoms with Gasteiger partial charge in [0.2, 0.25) is 0 Å². The van der Waals surface area contributed by atoms with E-state index < -0.39 is 10.0 Å². The third-order valence-corrected chi connectivity index (χ3v) is 7.71. The maximum atomic E-state index is 13.7. The zero-order valence-corrected chi connectivity index (χ0v) is 17.0. The van der Waals surface area contributed by atoms with Crippen LogP contribution in [0.5, 0.6) is 5.75 Å². The SMILES string of the molecule is CCc1ccc2c(c1)CCC(C1CC1)N2S(=O)(=O)c1ccc(O)c(C(C)=O)c1. The molecule has 0 amide bonds. The van der Waals surface area contributed by atoms with Crippen molar-refractivity contribution in [2.75, 3.05) is 4.31 Å². The van der Waals surface area contributed by atoms with Crippen LogP contribution in [-0.2, 0) is 22.9 Å². The molecule has 1 N–H and O–H groups in total. The summed E-state index contributed by atoms with van der Waals surface area (Å²) in [5.41, 5.74) is 3.04. The predicted molar refractivity (Wildman–Crippen MR) is 108 cm³/mol. The maximum absolute atomic E-state index is 13.7. The average Bonchev–Trinajstić information content (AvgIpc) is 3.51. The number of aromatic hydroxyl groups is 1. The number of hydrogen-bond acceptors (Lipinski definition) is 4. The molecule has 2 aliphatic rings. The normalized spacial score (nSPS) is 19.4. The van der Waals surface area contributed by atoms with Crippen LogP contribution in [0.25, 0.3) is 0 Å². The van der Waals surface area contributed by atoms with Crippen molar-refractivity contribution in [1.29, 1.82) is 0 Å². The van der Waals surface area contributed by atoms with E-state index in [-0.39, 0.29) is 28.0 Å². The second-order valence-corrected chi connectivity index (χ2v) is 9.61. The molecule has 1 fully saturated rings. The Bertz CT molecular complexity index is 1040. The Labute approximate surface area is 166 Å². The number of anilines is 1. The Morgan fingerprint density at radius 3 is 2.54 bits per heavy atom. The fourth-order valence-corrected chi connectivity index (χ4v) is 5.97. The third-order valence-electron chi connectivity index (χ3n) is 5.87. The summed E-state index contributed by atoms with van der Waals surface area (Å²) in [6.45, 7) is 3.41. The minimum Gasteiger partial charge on any atom is -0.507 e. The van der Waals surface area contributed by atoms with Crippen LogP contribution in [0, 0.1) is 5.92 Å². The number of sulfonamides is 1. The number of carbonyl (C=O) groups excluding carboxylic acids is 1. The Hall–Kier alpha value is -2.34. The van der Waals surface area contributed by atoms with E-state index in [0.717, 1.165) is 43.4 Å². The van der Waals surface area contributed by atoms with Gasteiger partial charge in [0.25, 0.3) is 10.0 Å². The quantitative estimate of drug-likeness (QED) is 0.769. The average molecular weight is 400 g/mol. The first kappa shape index (κ1) is 19.0. The van der Waals surface area contributed by atoms with Gasteiger partial charge in [-0.2, -0.15) is 0 Å². The van der Waals surface area contributed by atoms with E-state index >= 15 is 0 Å². The Morgan fingerprint density at radius 1 is 1.14 bits per heavy atom. The molecule has 0 spiro atoms. The first-order chi connectivity index (χ1) is 13.3. The standard InChI is InChI=1S/C22H25NO4S/c1-3-15-4-9-21-17(12-15)7-10-20(16-5-6-16)23(21)28(26,27)18-8-11-22(25)19(13-18)14(2)24/h4,8-9,11-13,16,20,25H,3,5-7,10H2,1-2H3. The highest BCUT2D eigenvalue weighted by Crippen LogP contribution is 2.45. The molecule has 0 saturated heterocycles. The molecule has 2 aromatic carbocycles. The van der Waals surface area contributed by atoms with E-state index in [9.17, 15) is 18.3 Å². The predicted octanol–water partition coefficient (Wildman–Crippen LogP) is 4.08. The summed E-state index contributed by atoms with van der Waals surface area (Å²) in [4.78, 5) is 11.9. The summed E-state index contributed by atoms with van der Waals surface area (Å²) in [5.74, 6) is -0.171. The van der Waals surface area contributed by atoms with Gasteiger partial charge in [-0.15, -0.1) is 0 Å². The van der Waals surface area contributed by atoms with Crippen molar-refractivity contribution in [3.8, 4) is 5.75 Å². The van der Waals surface area contributed by atoms with Crippen molar-refractivity contribution in [3.63, 3.8) is 0 Å². The number of rotatable bonds is 5. The molecule has 6 heteroatoms. The number of fused-ring (bicyclic) bond motifs is 1. The van der Waals surface area contributed by atoms with Crippen LogP contribution in [-0.4, -0.2) is 25.3 Å². The number of aryl methyl sites for hydroxylation is 2. The lowest BCUT2D eigenvalue weighted by Crippen LogP contribution is -2.45. The Kier molecular flexibility index (Phi) is 4.70. The summed E-state index contributed by atoms with van der Waals surface area (Å²) >= 11 is 0. The number of ketones is 1. The zero-order chi connectivity index (χ0) is 20.1. The molecule has 0 aromatic heterocycles. The lowest BCUT2D eigenvalue weighted by Gasteiger charge is -2.38. The molecular formula is C22H25NO4S. The second-order valence-electron chi connectivity index (χ2n) is 7.80. The molecule has 1 heterocycles. The lowest BCUT2D eigenvalue weighted by atomic mass is 9.93. The zero-order valence-electron chi connectivity index (χ0n) is 16.2. The summed E-state index contributed by atoms with van der Waals surface area (Å²) in [7, 11) is -3.85. The maximum Gasteiger partial charge on any atom is 0.264 e. The Balaban J connectivity index is 1.85. The van der Waals surface area contributed by atoms with Crippen LogP contribution < -0.4 is 4.31 Å². The summed E-state index contributed by atoms with van der Waals surface area (Å²) in [6, 6.07) is 9.95. The fourth-order valence-electron chi connectivity index (χ4n) is 4.16. The molecule has 1 saturated carbocycles. The molecule has 0 bridgehead atoms. The second kappa shape index (κ2) is 6.92. The number of benzene rings is 2. The minimum atomic E-state index is -3.85. The van der Waals surface area contributed by atoms with E-state index in [0.29, 0.717) is 5.92 Å². The largest absolute Gasteiger partial charge is 0.507 e. The highest BCUT2D eigenvalue weighted by Gasteiger charge is 2.43. The van der Waals surface area contributed by atoms with E-state index in [1.165, 1.54) is 30.7 Å². The summed E-state index contributed by atoms with van der Waals surface area (Å²) < 4.78 is 28.9. The van der Waals surface area contributed by atoms with Crippen molar-refractivity contribution in [2.45, 2.75) is 56.9 Å². The van der Waals surface area contributed by atoms with Gasteiger partial charge in [0.15, 0.2) is 5.78 Å². The highest BCUT2D eigenvalue weighted by atomic mass is 32.2. The van der Waals surface area contributed by atoms with E-state index in [2.05, 4.69) is 13.0 Å². The number of phenols is 1. The van der Waals surface area contributed by atoms with E-state index in [4.69, 9.17) is 0 Å². The summed E-state index contributed by atoms with van der Waals surface area (Å²) in [5, 5.41) is 9.92. The first-order valence-corrected chi connectivity index (χ1v) is 11.3. The van der Waals surface area contributed by atoms with Gasteiger partial charge in [0, 0.05) is 6.04 Å². The van der Waals surface area contributed by atoms with Crippen LogP contribution in [0.3, 0.4) is 0 Å². The van der Waals surface area contributed by atoms with E-state index in [1.807, 2.05) is 12.1 Å². The van der Waals surface area contributed by atoms with Crippen LogP contribution in [0.2, 0.25) is 0 Å². The van der Waals surface area contributed by atoms with Crippen LogP contribution >= 0.6 is 0 Å². The van der Waals surface area contributed by atoms with Crippen molar-refractivity contribution in [3.05, 3.63) is 53.1 Å². The van der Waals surface area contributed by atoms with Gasteiger partial charge >= 0.3 is 0 Å².